The van der Waals surface area contributed by atoms with Gasteiger partial charge in [-0.15, -0.1) is 0 Å². The number of carbonyl (C=O) groups is 1. The lowest BCUT2D eigenvalue weighted by molar-refractivity contribution is 0.104. The zero-order chi connectivity index (χ0) is 23.1. The lowest BCUT2D eigenvalue weighted by Crippen LogP contribution is -2.49. The van der Waals surface area contributed by atoms with Crippen LogP contribution in [0.4, 0.5) is 10.1 Å². The molecule has 2 aliphatic rings. The van der Waals surface area contributed by atoms with Gasteiger partial charge in [0.1, 0.15) is 11.4 Å². The highest BCUT2D eigenvalue weighted by molar-refractivity contribution is 6.08. The van der Waals surface area contributed by atoms with Crippen LogP contribution in [0.15, 0.2) is 45.9 Å². The maximum absolute atomic E-state index is 15.5. The Morgan fingerprint density at radius 3 is 2.85 bits per heavy atom. The van der Waals surface area contributed by atoms with E-state index in [0.717, 1.165) is 19.4 Å². The number of ether oxygens (including phenoxy) is 1. The molecule has 1 saturated carbocycles. The number of fused-ring (bicyclic) bond motifs is 1. The molecule has 0 radical (unpaired) electrons. The molecule has 1 unspecified atom stereocenters. The van der Waals surface area contributed by atoms with Gasteiger partial charge in [0.25, 0.3) is 0 Å². The van der Waals surface area contributed by atoms with Crippen molar-refractivity contribution in [3.05, 3.63) is 64.1 Å². The number of methoxy groups -OCH3 is 1. The highest BCUT2D eigenvalue weighted by Crippen LogP contribution is 2.43. The topological polar surface area (TPSA) is 76.7 Å². The quantitative estimate of drug-likeness (QED) is 0.454. The van der Waals surface area contributed by atoms with Crippen LogP contribution in [0.1, 0.15) is 41.9 Å². The first-order chi connectivity index (χ1) is 16.0. The van der Waals surface area contributed by atoms with Gasteiger partial charge in [0.2, 0.25) is 5.43 Å². The van der Waals surface area contributed by atoms with Gasteiger partial charge < -0.3 is 23.9 Å². The van der Waals surface area contributed by atoms with E-state index in [9.17, 15) is 9.59 Å². The van der Waals surface area contributed by atoms with Crippen molar-refractivity contribution in [2.45, 2.75) is 31.8 Å². The molecule has 3 aromatic rings. The van der Waals surface area contributed by atoms with Gasteiger partial charge in [-0.3, -0.25) is 9.59 Å². The van der Waals surface area contributed by atoms with Crippen molar-refractivity contribution < 1.29 is 18.3 Å². The molecule has 2 fully saturated rings. The summed E-state index contributed by atoms with van der Waals surface area (Å²) in [6.45, 7) is 4.03. The molecular weight excluding hydrogens is 425 g/mol. The van der Waals surface area contributed by atoms with Crippen LogP contribution in [0, 0.1) is 5.82 Å². The molecule has 0 bridgehead atoms. The molecule has 1 aliphatic carbocycles. The second-order valence-electron chi connectivity index (χ2n) is 8.66. The first-order valence-electron chi connectivity index (χ1n) is 11.2. The third-order valence-corrected chi connectivity index (χ3v) is 6.24. The van der Waals surface area contributed by atoms with Crippen LogP contribution in [0.2, 0.25) is 0 Å². The molecule has 3 heterocycles. The third kappa shape index (κ3) is 3.95. The molecule has 1 aliphatic heterocycles. The summed E-state index contributed by atoms with van der Waals surface area (Å²) in [6, 6.07) is 5.03. The number of piperazine rings is 1. The van der Waals surface area contributed by atoms with Gasteiger partial charge in [-0.25, -0.2) is 4.39 Å². The highest BCUT2D eigenvalue weighted by atomic mass is 19.1. The summed E-state index contributed by atoms with van der Waals surface area (Å²) in [4.78, 5) is 28.2. The van der Waals surface area contributed by atoms with E-state index in [-0.39, 0.29) is 23.0 Å². The molecule has 1 N–H and O–H groups in total. The Bertz CT molecular complexity index is 1290. The van der Waals surface area contributed by atoms with Crippen molar-refractivity contribution >= 4 is 28.4 Å². The predicted molar refractivity (Wildman–Crippen MR) is 125 cm³/mol. The molecule has 5 rings (SSSR count). The van der Waals surface area contributed by atoms with E-state index in [1.54, 1.807) is 18.3 Å². The van der Waals surface area contributed by atoms with Gasteiger partial charge in [-0.2, -0.15) is 0 Å². The summed E-state index contributed by atoms with van der Waals surface area (Å²) in [7, 11) is 1.50. The molecule has 1 saturated heterocycles. The number of pyridine rings is 1. The van der Waals surface area contributed by atoms with Crippen molar-refractivity contribution in [1.82, 2.24) is 9.88 Å². The summed E-state index contributed by atoms with van der Waals surface area (Å²) < 4.78 is 28.3. The van der Waals surface area contributed by atoms with Crippen molar-refractivity contribution in [1.29, 1.82) is 0 Å². The van der Waals surface area contributed by atoms with Crippen LogP contribution in [0.25, 0.3) is 17.0 Å². The Labute approximate surface area is 190 Å². The SMILES string of the molecule is COc1c(N2CCNC(C)C2)c(F)cc2c(=O)c(C(=O)C=Cc3ccco3)cn(C3CC3)c12. The zero-order valence-electron chi connectivity index (χ0n) is 18.6. The normalized spacial score (nSPS) is 18.9. The number of carbonyl (C=O) groups excluding carboxylic acids is 1. The third-order valence-electron chi connectivity index (χ3n) is 6.24. The van der Waals surface area contributed by atoms with E-state index in [1.807, 2.05) is 16.4 Å². The average molecular weight is 451 g/mol. The fraction of sp³-hybridized carbons (Fsp3) is 0.360. The smallest absolute Gasteiger partial charge is 0.200 e. The summed E-state index contributed by atoms with van der Waals surface area (Å²) in [5.74, 6) is -0.127. The molecule has 8 heteroatoms. The van der Waals surface area contributed by atoms with Crippen LogP contribution < -0.4 is 20.4 Å². The number of furan rings is 1. The lowest BCUT2D eigenvalue weighted by Gasteiger charge is -2.35. The summed E-state index contributed by atoms with van der Waals surface area (Å²) in [5, 5.41) is 3.51. The first-order valence-corrected chi connectivity index (χ1v) is 11.2. The summed E-state index contributed by atoms with van der Waals surface area (Å²) in [6.07, 6.45) is 7.78. The standard InChI is InChI=1S/C25H26FN3O4/c1-15-13-28(10-9-27-15)23-20(26)12-18-22(25(23)32-2)29(16-5-6-16)14-19(24(18)31)21(30)8-7-17-4-3-11-33-17/h3-4,7-8,11-12,14-16,27H,5-6,9-10,13H2,1-2H3. The van der Waals surface area contributed by atoms with Crippen LogP contribution in [-0.2, 0) is 0 Å². The Hall–Kier alpha value is -3.39. The van der Waals surface area contributed by atoms with E-state index in [0.29, 0.717) is 35.8 Å². The largest absolute Gasteiger partial charge is 0.492 e. The Balaban J connectivity index is 1.68. The molecule has 1 atom stereocenters. The van der Waals surface area contributed by atoms with Crippen molar-refractivity contribution in [2.24, 2.45) is 0 Å². The van der Waals surface area contributed by atoms with Gasteiger partial charge >= 0.3 is 0 Å². The minimum atomic E-state index is -0.524. The molecular formula is C25H26FN3O4. The van der Waals surface area contributed by atoms with Crippen molar-refractivity contribution in [2.75, 3.05) is 31.6 Å². The highest BCUT2D eigenvalue weighted by Gasteiger charge is 2.31. The first kappa shape index (κ1) is 21.5. The molecule has 1 aromatic carbocycles. The van der Waals surface area contributed by atoms with Crippen LogP contribution in [0.5, 0.6) is 5.75 Å². The number of benzene rings is 1. The van der Waals surface area contributed by atoms with Gasteiger partial charge in [-0.05, 0) is 50.1 Å². The molecule has 7 nitrogen and oxygen atoms in total. The van der Waals surface area contributed by atoms with Crippen LogP contribution in [0.3, 0.4) is 0 Å². The van der Waals surface area contributed by atoms with E-state index in [2.05, 4.69) is 5.32 Å². The number of nitrogens with one attached hydrogen (secondary N) is 1. The fourth-order valence-electron chi connectivity index (χ4n) is 4.52. The molecule has 0 spiro atoms. The van der Waals surface area contributed by atoms with E-state index >= 15 is 4.39 Å². The number of anilines is 1. The van der Waals surface area contributed by atoms with Crippen molar-refractivity contribution in [3.63, 3.8) is 0 Å². The number of hydrogen-bond donors (Lipinski definition) is 1. The number of nitrogens with zero attached hydrogens (tertiary/aromatic N) is 2. The van der Waals surface area contributed by atoms with Crippen LogP contribution >= 0.6 is 0 Å². The maximum Gasteiger partial charge on any atom is 0.200 e. The minimum Gasteiger partial charge on any atom is -0.492 e. The molecule has 172 valence electrons. The number of rotatable bonds is 6. The zero-order valence-corrected chi connectivity index (χ0v) is 18.6. The number of allylic oxidation sites excluding steroid dienone is 1. The Morgan fingerprint density at radius 2 is 2.18 bits per heavy atom. The average Bonchev–Trinajstić information content (AvgIpc) is 3.51. The molecule has 0 amide bonds. The fourth-order valence-corrected chi connectivity index (χ4v) is 4.52. The minimum absolute atomic E-state index is 0.00204. The monoisotopic (exact) mass is 451 g/mol. The number of aromatic nitrogens is 1. The van der Waals surface area contributed by atoms with Gasteiger partial charge in [0, 0.05) is 37.9 Å². The van der Waals surface area contributed by atoms with Crippen LogP contribution in [-0.4, -0.2) is 43.1 Å². The van der Waals surface area contributed by atoms with E-state index in [4.69, 9.17) is 9.15 Å². The summed E-state index contributed by atoms with van der Waals surface area (Å²) in [5.41, 5.74) is 0.402. The maximum atomic E-state index is 15.5. The van der Waals surface area contributed by atoms with Gasteiger partial charge in [0.15, 0.2) is 17.3 Å². The Morgan fingerprint density at radius 1 is 1.36 bits per heavy atom. The molecule has 2 aromatic heterocycles. The number of ketones is 1. The number of hydrogen-bond acceptors (Lipinski definition) is 6. The predicted octanol–water partition coefficient (Wildman–Crippen LogP) is 3.77. The lowest BCUT2D eigenvalue weighted by atomic mass is 10.0. The van der Waals surface area contributed by atoms with Gasteiger partial charge in [0.05, 0.1) is 29.8 Å². The van der Waals surface area contributed by atoms with Crippen molar-refractivity contribution in [3.8, 4) is 5.75 Å². The molecule has 33 heavy (non-hydrogen) atoms. The van der Waals surface area contributed by atoms with E-state index < -0.39 is 17.0 Å². The van der Waals surface area contributed by atoms with E-state index in [1.165, 1.54) is 31.6 Å². The summed E-state index contributed by atoms with van der Waals surface area (Å²) >= 11 is 0. The van der Waals surface area contributed by atoms with Gasteiger partial charge in [-0.1, -0.05) is 0 Å². The Kier molecular flexibility index (Phi) is 5.54. The number of halogens is 1. The second kappa shape index (κ2) is 8.51. The second-order valence-corrected chi connectivity index (χ2v) is 8.66.